The predicted molar refractivity (Wildman–Crippen MR) is 45.6 cm³/mol. The normalized spacial score (nSPS) is 14.5. The maximum atomic E-state index is 12.0. The van der Waals surface area contributed by atoms with E-state index in [1.54, 1.807) is 0 Å². The Labute approximate surface area is 77.3 Å². The predicted octanol–water partition coefficient (Wildman–Crippen LogP) is 3.39. The summed E-state index contributed by atoms with van der Waals surface area (Å²) >= 11 is 0. The van der Waals surface area contributed by atoms with Crippen molar-refractivity contribution in [3.05, 3.63) is 0 Å². The Kier molecular flexibility index (Phi) is 6.12. The van der Waals surface area contributed by atoms with Crippen LogP contribution in [0.1, 0.15) is 33.1 Å². The topological polar surface area (TPSA) is 9.23 Å². The van der Waals surface area contributed by atoms with Crippen LogP contribution in [0.5, 0.6) is 0 Å². The molecule has 0 aliphatic heterocycles. The Morgan fingerprint density at radius 2 is 1.85 bits per heavy atom. The molecule has 80 valence electrons. The summed E-state index contributed by atoms with van der Waals surface area (Å²) in [6.45, 7) is 3.98. The molecule has 0 aromatic rings. The second kappa shape index (κ2) is 6.24. The molecule has 0 aromatic carbocycles. The Morgan fingerprint density at radius 1 is 1.23 bits per heavy atom. The van der Waals surface area contributed by atoms with Gasteiger partial charge in [0.05, 0.1) is 5.92 Å². The Hall–Kier alpha value is -0.250. The molecule has 1 nitrogen and oxygen atoms in total. The molecular weight excluding hydrogens is 181 g/mol. The monoisotopic (exact) mass is 198 g/mol. The molecule has 1 atom stereocenters. The molecule has 0 saturated heterocycles. The van der Waals surface area contributed by atoms with Gasteiger partial charge in [0.15, 0.2) is 0 Å². The van der Waals surface area contributed by atoms with Crippen molar-refractivity contribution in [2.24, 2.45) is 5.92 Å². The first-order valence-electron chi connectivity index (χ1n) is 4.63. The third-order valence-electron chi connectivity index (χ3n) is 1.90. The highest BCUT2D eigenvalue weighted by Gasteiger charge is 2.35. The molecule has 4 heteroatoms. The highest BCUT2D eigenvalue weighted by molar-refractivity contribution is 4.61. The van der Waals surface area contributed by atoms with Crippen LogP contribution in [-0.4, -0.2) is 19.4 Å². The van der Waals surface area contributed by atoms with E-state index in [1.165, 1.54) is 6.92 Å². The van der Waals surface area contributed by atoms with Crippen LogP contribution in [0.15, 0.2) is 0 Å². The quantitative estimate of drug-likeness (QED) is 0.594. The molecule has 0 fully saturated rings. The second-order valence-electron chi connectivity index (χ2n) is 3.20. The Bertz CT molecular complexity index is 123. The third kappa shape index (κ3) is 6.87. The zero-order valence-electron chi connectivity index (χ0n) is 8.16. The summed E-state index contributed by atoms with van der Waals surface area (Å²) in [5, 5.41) is 0. The first-order chi connectivity index (χ1) is 5.98. The van der Waals surface area contributed by atoms with Gasteiger partial charge in [0.2, 0.25) is 0 Å². The molecule has 0 radical (unpaired) electrons. The van der Waals surface area contributed by atoms with Crippen molar-refractivity contribution in [2.75, 3.05) is 13.2 Å². The van der Waals surface area contributed by atoms with E-state index in [9.17, 15) is 13.2 Å². The minimum Gasteiger partial charge on any atom is -0.381 e. The summed E-state index contributed by atoms with van der Waals surface area (Å²) in [6.07, 6.45) is -2.09. The van der Waals surface area contributed by atoms with Crippen molar-refractivity contribution in [1.29, 1.82) is 0 Å². The minimum absolute atomic E-state index is 0.0627. The van der Waals surface area contributed by atoms with Gasteiger partial charge in [-0.05, 0) is 12.8 Å². The molecule has 0 heterocycles. The summed E-state index contributed by atoms with van der Waals surface area (Å²) in [5.41, 5.74) is 0. The molecule has 0 bridgehead atoms. The van der Waals surface area contributed by atoms with Crippen LogP contribution in [0.2, 0.25) is 0 Å². The minimum atomic E-state index is -4.08. The molecule has 0 spiro atoms. The van der Waals surface area contributed by atoms with Crippen molar-refractivity contribution in [1.82, 2.24) is 0 Å². The number of ether oxygens (including phenoxy) is 1. The largest absolute Gasteiger partial charge is 0.391 e. The van der Waals surface area contributed by atoms with E-state index in [4.69, 9.17) is 4.74 Å². The van der Waals surface area contributed by atoms with Crippen LogP contribution in [0.25, 0.3) is 0 Å². The van der Waals surface area contributed by atoms with Crippen molar-refractivity contribution in [3.63, 3.8) is 0 Å². The number of hydrogen-bond donors (Lipinski definition) is 0. The molecular formula is C9H17F3O. The zero-order chi connectivity index (χ0) is 10.3. The molecule has 0 rings (SSSR count). The van der Waals surface area contributed by atoms with E-state index in [0.29, 0.717) is 6.61 Å². The van der Waals surface area contributed by atoms with E-state index in [1.807, 2.05) is 6.92 Å². The highest BCUT2D eigenvalue weighted by atomic mass is 19.4. The van der Waals surface area contributed by atoms with Gasteiger partial charge >= 0.3 is 6.18 Å². The average molecular weight is 198 g/mol. The molecule has 0 amide bonds. The fourth-order valence-electron chi connectivity index (χ4n) is 0.772. The number of hydrogen-bond acceptors (Lipinski definition) is 1. The summed E-state index contributed by atoms with van der Waals surface area (Å²) < 4.78 is 40.9. The summed E-state index contributed by atoms with van der Waals surface area (Å²) in [5.74, 6) is -1.26. The van der Waals surface area contributed by atoms with Crippen LogP contribution in [0.3, 0.4) is 0 Å². The van der Waals surface area contributed by atoms with Gasteiger partial charge in [-0.15, -0.1) is 0 Å². The summed E-state index contributed by atoms with van der Waals surface area (Å²) in [7, 11) is 0. The number of unbranched alkanes of at least 4 members (excludes halogenated alkanes) is 1. The van der Waals surface area contributed by atoms with Crippen molar-refractivity contribution in [3.8, 4) is 0 Å². The number of rotatable bonds is 6. The van der Waals surface area contributed by atoms with Gasteiger partial charge < -0.3 is 4.74 Å². The fourth-order valence-corrected chi connectivity index (χ4v) is 0.772. The molecule has 1 unspecified atom stereocenters. The van der Waals surface area contributed by atoms with E-state index < -0.39 is 12.1 Å². The fraction of sp³-hybridized carbons (Fsp3) is 1.00. The van der Waals surface area contributed by atoms with E-state index in [2.05, 4.69) is 0 Å². The van der Waals surface area contributed by atoms with Gasteiger partial charge in [0, 0.05) is 13.2 Å². The maximum absolute atomic E-state index is 12.0. The summed E-state index contributed by atoms with van der Waals surface area (Å²) in [4.78, 5) is 0. The SMILES string of the molecule is CCCCOCCC(C)C(F)(F)F. The average Bonchev–Trinajstić information content (AvgIpc) is 2.02. The van der Waals surface area contributed by atoms with Gasteiger partial charge in [-0.2, -0.15) is 13.2 Å². The first kappa shape index (κ1) is 12.8. The molecule has 0 N–H and O–H groups in total. The van der Waals surface area contributed by atoms with Crippen molar-refractivity contribution < 1.29 is 17.9 Å². The Morgan fingerprint density at radius 3 is 2.31 bits per heavy atom. The zero-order valence-corrected chi connectivity index (χ0v) is 8.16. The van der Waals surface area contributed by atoms with Crippen LogP contribution in [-0.2, 0) is 4.74 Å². The molecule has 0 saturated carbocycles. The lowest BCUT2D eigenvalue weighted by molar-refractivity contribution is -0.173. The van der Waals surface area contributed by atoms with E-state index in [-0.39, 0.29) is 13.0 Å². The number of halogens is 3. The smallest absolute Gasteiger partial charge is 0.381 e. The first-order valence-corrected chi connectivity index (χ1v) is 4.63. The van der Waals surface area contributed by atoms with Crippen molar-refractivity contribution >= 4 is 0 Å². The van der Waals surface area contributed by atoms with Gasteiger partial charge in [-0.25, -0.2) is 0 Å². The number of alkyl halides is 3. The van der Waals surface area contributed by atoms with Gasteiger partial charge in [-0.1, -0.05) is 20.3 Å². The van der Waals surface area contributed by atoms with Gasteiger partial charge in [0.25, 0.3) is 0 Å². The van der Waals surface area contributed by atoms with Crippen LogP contribution in [0.4, 0.5) is 13.2 Å². The standard InChI is InChI=1S/C9H17F3O/c1-3-4-6-13-7-5-8(2)9(10,11)12/h8H,3-7H2,1-2H3. The molecule has 0 aliphatic rings. The lowest BCUT2D eigenvalue weighted by Gasteiger charge is -2.14. The van der Waals surface area contributed by atoms with Gasteiger partial charge in [0.1, 0.15) is 0 Å². The molecule has 13 heavy (non-hydrogen) atoms. The lowest BCUT2D eigenvalue weighted by atomic mass is 10.1. The third-order valence-corrected chi connectivity index (χ3v) is 1.90. The van der Waals surface area contributed by atoms with Crippen LogP contribution < -0.4 is 0 Å². The second-order valence-corrected chi connectivity index (χ2v) is 3.20. The van der Waals surface area contributed by atoms with Crippen LogP contribution in [0, 0.1) is 5.92 Å². The Balaban J connectivity index is 3.32. The maximum Gasteiger partial charge on any atom is 0.391 e. The van der Waals surface area contributed by atoms with Crippen molar-refractivity contribution in [2.45, 2.75) is 39.3 Å². The lowest BCUT2D eigenvalue weighted by Crippen LogP contribution is -2.21. The highest BCUT2D eigenvalue weighted by Crippen LogP contribution is 2.27. The summed E-state index contributed by atoms with van der Waals surface area (Å²) in [6, 6.07) is 0. The molecule has 0 aromatic heterocycles. The van der Waals surface area contributed by atoms with Crippen LogP contribution >= 0.6 is 0 Å². The van der Waals surface area contributed by atoms with Gasteiger partial charge in [-0.3, -0.25) is 0 Å². The van der Waals surface area contributed by atoms with E-state index >= 15 is 0 Å². The molecule has 0 aliphatic carbocycles. The van der Waals surface area contributed by atoms with E-state index in [0.717, 1.165) is 12.8 Å².